The Balaban J connectivity index is 1.50. The predicted octanol–water partition coefficient (Wildman–Crippen LogP) is 3.05. The number of ether oxygens (including phenoxy) is 2. The molecule has 0 spiro atoms. The second-order valence-electron chi connectivity index (χ2n) is 6.86. The average Bonchev–Trinajstić information content (AvgIpc) is 2.74. The van der Waals surface area contributed by atoms with Gasteiger partial charge >= 0.3 is 12.3 Å². The van der Waals surface area contributed by atoms with E-state index in [0.29, 0.717) is 49.7 Å². The molecule has 3 rings (SSSR count). The van der Waals surface area contributed by atoms with Gasteiger partial charge in [-0.05, 0) is 36.8 Å². The molecule has 0 N–H and O–H groups in total. The lowest BCUT2D eigenvalue weighted by molar-refractivity contribution is -0.274. The molecule has 2 aromatic rings. The van der Waals surface area contributed by atoms with Crippen LogP contribution >= 0.6 is 0 Å². The van der Waals surface area contributed by atoms with Gasteiger partial charge in [0.25, 0.3) is 0 Å². The normalized spacial score (nSPS) is 14.3. The van der Waals surface area contributed by atoms with Crippen molar-refractivity contribution >= 4 is 17.7 Å². The number of aromatic nitrogens is 1. The highest BCUT2D eigenvalue weighted by Gasteiger charge is 2.31. The van der Waals surface area contributed by atoms with Gasteiger partial charge in [-0.2, -0.15) is 0 Å². The number of anilines is 1. The number of rotatable bonds is 6. The molecule has 7 nitrogen and oxygen atoms in total. The molecule has 1 fully saturated rings. The van der Waals surface area contributed by atoms with E-state index < -0.39 is 12.3 Å². The summed E-state index contributed by atoms with van der Waals surface area (Å²) in [6, 6.07) is 8.69. The van der Waals surface area contributed by atoms with Crippen molar-refractivity contribution < 1.29 is 32.2 Å². The summed E-state index contributed by atoms with van der Waals surface area (Å²) in [4.78, 5) is 32.3. The first-order valence-corrected chi connectivity index (χ1v) is 9.76. The number of carbonyl (C=O) groups excluding carboxylic acids is 2. The summed E-state index contributed by atoms with van der Waals surface area (Å²) in [5.74, 6) is -0.135. The van der Waals surface area contributed by atoms with Gasteiger partial charge in [0.15, 0.2) is 0 Å². The van der Waals surface area contributed by atoms with Crippen molar-refractivity contribution in [2.45, 2.75) is 19.7 Å². The molecule has 0 radical (unpaired) electrons. The number of halogens is 3. The number of esters is 1. The second-order valence-corrected chi connectivity index (χ2v) is 6.86. The van der Waals surface area contributed by atoms with Gasteiger partial charge in [-0.3, -0.25) is 4.79 Å². The monoisotopic (exact) mass is 437 g/mol. The van der Waals surface area contributed by atoms with Crippen LogP contribution in [0.5, 0.6) is 5.75 Å². The minimum atomic E-state index is -4.75. The molecule has 0 unspecified atom stereocenters. The number of pyridine rings is 1. The number of alkyl halides is 3. The fourth-order valence-electron chi connectivity index (χ4n) is 3.19. The highest BCUT2D eigenvalue weighted by Crippen LogP contribution is 2.23. The third-order valence-electron chi connectivity index (χ3n) is 4.73. The molecular formula is C21H22F3N3O4. The molecule has 166 valence electrons. The number of nitrogens with zero attached hydrogens (tertiary/aromatic N) is 3. The van der Waals surface area contributed by atoms with Crippen LogP contribution in [0.2, 0.25) is 0 Å². The van der Waals surface area contributed by atoms with Crippen LogP contribution in [0.25, 0.3) is 0 Å². The Labute approximate surface area is 177 Å². The maximum Gasteiger partial charge on any atom is 0.573 e. The Hall–Kier alpha value is -3.30. The molecule has 1 aromatic heterocycles. The van der Waals surface area contributed by atoms with Gasteiger partial charge in [-0.25, -0.2) is 9.78 Å². The van der Waals surface area contributed by atoms with Gasteiger partial charge in [0, 0.05) is 32.4 Å². The molecule has 31 heavy (non-hydrogen) atoms. The fraction of sp³-hybridized carbons (Fsp3) is 0.381. The lowest BCUT2D eigenvalue weighted by atomic mass is 10.1. The Kier molecular flexibility index (Phi) is 6.98. The third kappa shape index (κ3) is 6.34. The highest BCUT2D eigenvalue weighted by atomic mass is 19.4. The minimum Gasteiger partial charge on any atom is -0.462 e. The molecule has 2 heterocycles. The lowest BCUT2D eigenvalue weighted by Crippen LogP contribution is -2.49. The number of hydrogen-bond acceptors (Lipinski definition) is 6. The van der Waals surface area contributed by atoms with Gasteiger partial charge in [-0.1, -0.05) is 12.1 Å². The van der Waals surface area contributed by atoms with Crippen molar-refractivity contribution in [3.05, 3.63) is 53.7 Å². The van der Waals surface area contributed by atoms with Crippen LogP contribution in [0.1, 0.15) is 22.8 Å². The fourth-order valence-corrected chi connectivity index (χ4v) is 3.19. The molecule has 1 saturated heterocycles. The van der Waals surface area contributed by atoms with Crippen LogP contribution in [0.3, 0.4) is 0 Å². The Morgan fingerprint density at radius 1 is 1.03 bits per heavy atom. The molecule has 0 saturated carbocycles. The van der Waals surface area contributed by atoms with Gasteiger partial charge in [0.05, 0.1) is 18.6 Å². The molecule has 1 aliphatic rings. The quantitative estimate of drug-likeness (QED) is 0.647. The van der Waals surface area contributed by atoms with Crippen molar-refractivity contribution in [1.29, 1.82) is 0 Å². The van der Waals surface area contributed by atoms with Crippen LogP contribution in [0, 0.1) is 0 Å². The van der Waals surface area contributed by atoms with E-state index in [1.54, 1.807) is 24.0 Å². The Morgan fingerprint density at radius 3 is 2.26 bits per heavy atom. The Bertz CT molecular complexity index is 894. The van der Waals surface area contributed by atoms with Gasteiger partial charge in [0.1, 0.15) is 11.6 Å². The smallest absolute Gasteiger partial charge is 0.462 e. The number of hydrogen-bond donors (Lipinski definition) is 0. The number of benzene rings is 1. The van der Waals surface area contributed by atoms with E-state index in [2.05, 4.69) is 9.72 Å². The first-order chi connectivity index (χ1) is 14.7. The molecule has 0 atom stereocenters. The van der Waals surface area contributed by atoms with Crippen LogP contribution in [0.15, 0.2) is 42.6 Å². The van der Waals surface area contributed by atoms with Crippen LogP contribution in [-0.4, -0.2) is 60.9 Å². The van der Waals surface area contributed by atoms with Crippen molar-refractivity contribution in [3.8, 4) is 5.75 Å². The van der Waals surface area contributed by atoms with Gasteiger partial charge in [-0.15, -0.1) is 13.2 Å². The summed E-state index contributed by atoms with van der Waals surface area (Å²) in [7, 11) is 0. The van der Waals surface area contributed by atoms with Crippen molar-refractivity contribution in [2.75, 3.05) is 37.7 Å². The van der Waals surface area contributed by atoms with Crippen LogP contribution in [0.4, 0.5) is 19.0 Å². The largest absolute Gasteiger partial charge is 0.573 e. The van der Waals surface area contributed by atoms with E-state index in [1.807, 2.05) is 4.90 Å². The van der Waals surface area contributed by atoms with E-state index >= 15 is 0 Å². The minimum absolute atomic E-state index is 0.0960. The maximum atomic E-state index is 12.5. The van der Waals surface area contributed by atoms with Crippen LogP contribution in [-0.2, 0) is 16.0 Å². The molecule has 10 heteroatoms. The molecule has 1 amide bonds. The predicted molar refractivity (Wildman–Crippen MR) is 106 cm³/mol. The van der Waals surface area contributed by atoms with E-state index in [1.165, 1.54) is 30.5 Å². The standard InChI is InChI=1S/C21H22F3N3O4/c1-2-30-20(29)16-5-8-18(25-14-16)26-9-11-27(12-10-26)19(28)13-15-3-6-17(7-4-15)31-21(22,23)24/h3-8,14H,2,9-13H2,1H3. The van der Waals surface area contributed by atoms with E-state index in [-0.39, 0.29) is 18.1 Å². The first kappa shape index (κ1) is 22.4. The molecular weight excluding hydrogens is 415 g/mol. The van der Waals surface area contributed by atoms with E-state index in [9.17, 15) is 22.8 Å². The molecule has 1 aromatic carbocycles. The van der Waals surface area contributed by atoms with Crippen molar-refractivity contribution in [2.24, 2.45) is 0 Å². The highest BCUT2D eigenvalue weighted by molar-refractivity contribution is 5.89. The molecule has 0 aliphatic carbocycles. The summed E-state index contributed by atoms with van der Waals surface area (Å²) in [5.41, 5.74) is 0.990. The number of amides is 1. The van der Waals surface area contributed by atoms with E-state index in [0.717, 1.165) is 0 Å². The van der Waals surface area contributed by atoms with Gasteiger partial charge in [0.2, 0.25) is 5.91 Å². The zero-order valence-corrected chi connectivity index (χ0v) is 16.9. The van der Waals surface area contributed by atoms with E-state index in [4.69, 9.17) is 4.74 Å². The zero-order valence-electron chi connectivity index (χ0n) is 16.9. The molecule has 1 aliphatic heterocycles. The Morgan fingerprint density at radius 2 is 1.71 bits per heavy atom. The topological polar surface area (TPSA) is 72.0 Å². The number of carbonyl (C=O) groups is 2. The van der Waals surface area contributed by atoms with Gasteiger partial charge < -0.3 is 19.3 Å². The van der Waals surface area contributed by atoms with Crippen molar-refractivity contribution in [1.82, 2.24) is 9.88 Å². The maximum absolute atomic E-state index is 12.5. The van der Waals surface area contributed by atoms with Crippen LogP contribution < -0.4 is 9.64 Å². The first-order valence-electron chi connectivity index (χ1n) is 9.76. The summed E-state index contributed by atoms with van der Waals surface area (Å²) in [6.07, 6.45) is -3.18. The molecule has 0 bridgehead atoms. The summed E-state index contributed by atoms with van der Waals surface area (Å²) in [5, 5.41) is 0. The second kappa shape index (κ2) is 9.67. The summed E-state index contributed by atoms with van der Waals surface area (Å²) in [6.45, 7) is 4.18. The van der Waals surface area contributed by atoms with Crippen molar-refractivity contribution in [3.63, 3.8) is 0 Å². The SMILES string of the molecule is CCOC(=O)c1ccc(N2CCN(C(=O)Cc3ccc(OC(F)(F)F)cc3)CC2)nc1. The average molecular weight is 437 g/mol. The number of piperazine rings is 1. The summed E-state index contributed by atoms with van der Waals surface area (Å²) >= 11 is 0. The third-order valence-corrected chi connectivity index (χ3v) is 4.73. The zero-order chi connectivity index (χ0) is 22.4. The lowest BCUT2D eigenvalue weighted by Gasteiger charge is -2.35. The summed E-state index contributed by atoms with van der Waals surface area (Å²) < 4.78 is 45.4.